The Morgan fingerprint density at radius 2 is 1.58 bits per heavy atom. The smallest absolute Gasteiger partial charge is 0.191 e. The van der Waals surface area contributed by atoms with Crippen molar-refractivity contribution in [2.24, 2.45) is 0 Å². The molecule has 174 valence electrons. The molecule has 1 aromatic carbocycles. The monoisotopic (exact) mass is 464 g/mol. The number of aryl methyl sites for hydroxylation is 1. The van der Waals surface area contributed by atoms with E-state index in [-0.39, 0.29) is 10.6 Å². The van der Waals surface area contributed by atoms with Gasteiger partial charge in [-0.25, -0.2) is 0 Å². The van der Waals surface area contributed by atoms with Crippen molar-refractivity contribution in [1.29, 1.82) is 0 Å². The summed E-state index contributed by atoms with van der Waals surface area (Å²) in [5, 5.41) is 2.85. The van der Waals surface area contributed by atoms with Crippen LogP contribution in [0.3, 0.4) is 0 Å². The average molecular weight is 465 g/mol. The van der Waals surface area contributed by atoms with Gasteiger partial charge in [-0.3, -0.25) is 5.01 Å². The fraction of sp³-hybridized carbons (Fsp3) is 0.600. The van der Waals surface area contributed by atoms with E-state index in [0.29, 0.717) is 17.4 Å². The Balaban J connectivity index is 1.73. The third kappa shape index (κ3) is 7.89. The molecule has 0 radical (unpaired) electrons. The molecule has 31 heavy (non-hydrogen) atoms. The lowest BCUT2D eigenvalue weighted by atomic mass is 10.1. The highest BCUT2D eigenvalue weighted by atomic mass is 35.5. The van der Waals surface area contributed by atoms with Crippen LogP contribution in [0, 0.1) is 0 Å². The van der Waals surface area contributed by atoms with Crippen molar-refractivity contribution in [3.05, 3.63) is 58.6 Å². The van der Waals surface area contributed by atoms with Gasteiger partial charge < -0.3 is 14.6 Å². The van der Waals surface area contributed by atoms with Gasteiger partial charge in [0.25, 0.3) is 0 Å². The van der Waals surface area contributed by atoms with E-state index in [1.54, 1.807) is 0 Å². The molecule has 2 rings (SSSR count). The number of rotatable bonds is 9. The van der Waals surface area contributed by atoms with Gasteiger partial charge in [0, 0.05) is 12.8 Å². The number of hydrogen-bond donors (Lipinski definition) is 1. The number of benzene rings is 1. The van der Waals surface area contributed by atoms with Crippen LogP contribution < -0.4 is 5.43 Å². The summed E-state index contributed by atoms with van der Waals surface area (Å²) >= 11 is 6.39. The van der Waals surface area contributed by atoms with Crippen molar-refractivity contribution in [3.8, 4) is 0 Å². The summed E-state index contributed by atoms with van der Waals surface area (Å²) in [4.78, 5) is 0. The molecule has 0 atom stereocenters. The Kier molecular flexibility index (Phi) is 8.71. The molecule has 0 aromatic heterocycles. The van der Waals surface area contributed by atoms with E-state index in [0.717, 1.165) is 31.4 Å². The Morgan fingerprint density at radius 3 is 2.13 bits per heavy atom. The summed E-state index contributed by atoms with van der Waals surface area (Å²) in [7, 11) is -1.62. The highest BCUT2D eigenvalue weighted by molar-refractivity contribution is 6.74. The first kappa shape index (κ1) is 25.8. The molecule has 0 saturated heterocycles. The Labute approximate surface area is 195 Å². The van der Waals surface area contributed by atoms with Crippen molar-refractivity contribution in [2.75, 3.05) is 6.61 Å². The number of halogens is 1. The lowest BCUT2D eigenvalue weighted by molar-refractivity contribution is 0.141. The quantitative estimate of drug-likeness (QED) is 0.312. The van der Waals surface area contributed by atoms with Gasteiger partial charge in [0.2, 0.25) is 0 Å². The first-order valence-electron chi connectivity index (χ1n) is 11.3. The van der Waals surface area contributed by atoms with Crippen LogP contribution in [-0.2, 0) is 22.2 Å². The van der Waals surface area contributed by atoms with Gasteiger partial charge in [-0.2, -0.15) is 0 Å². The SMILES string of the molecule is CC(C)(C)N1C=C(Cl)C(OCc2ccc(CCCCO[Si](C)(C)C(C)(C)C)cc2)=CN1. The van der Waals surface area contributed by atoms with Crippen LogP contribution in [0.1, 0.15) is 65.5 Å². The van der Waals surface area contributed by atoms with Gasteiger partial charge in [0.15, 0.2) is 14.1 Å². The first-order chi connectivity index (χ1) is 14.3. The van der Waals surface area contributed by atoms with E-state index < -0.39 is 8.32 Å². The van der Waals surface area contributed by atoms with Crippen LogP contribution in [0.5, 0.6) is 0 Å². The zero-order valence-corrected chi connectivity index (χ0v) is 22.4. The van der Waals surface area contributed by atoms with Gasteiger partial charge in [0.05, 0.1) is 11.7 Å². The number of ether oxygens (including phenoxy) is 1. The maximum absolute atomic E-state index is 6.39. The number of allylic oxidation sites excluding steroid dienone is 1. The molecule has 1 aromatic rings. The minimum absolute atomic E-state index is 0.0607. The van der Waals surface area contributed by atoms with Crippen LogP contribution in [0.25, 0.3) is 0 Å². The van der Waals surface area contributed by atoms with Gasteiger partial charge in [-0.1, -0.05) is 56.6 Å². The molecule has 0 saturated carbocycles. The van der Waals surface area contributed by atoms with E-state index in [1.807, 2.05) is 17.4 Å². The predicted molar refractivity (Wildman–Crippen MR) is 134 cm³/mol. The zero-order chi connectivity index (χ0) is 23.3. The van der Waals surface area contributed by atoms with Gasteiger partial charge in [-0.15, -0.1) is 0 Å². The molecule has 0 aliphatic carbocycles. The minimum atomic E-state index is -1.62. The summed E-state index contributed by atoms with van der Waals surface area (Å²) in [6.45, 7) is 19.2. The predicted octanol–water partition coefficient (Wildman–Crippen LogP) is 7.09. The Bertz CT molecular complexity index is 774. The summed E-state index contributed by atoms with van der Waals surface area (Å²) in [6, 6.07) is 8.66. The average Bonchev–Trinajstić information content (AvgIpc) is 2.66. The molecule has 4 nitrogen and oxygen atoms in total. The Hall–Kier alpha value is -1.43. The summed E-state index contributed by atoms with van der Waals surface area (Å²) in [5.41, 5.74) is 5.64. The summed E-state index contributed by atoms with van der Waals surface area (Å²) in [5.74, 6) is 0.660. The molecule has 0 fully saturated rings. The lowest BCUT2D eigenvalue weighted by Crippen LogP contribution is -2.46. The second-order valence-electron chi connectivity index (χ2n) is 10.8. The second-order valence-corrected chi connectivity index (χ2v) is 16.0. The maximum atomic E-state index is 6.39. The van der Waals surface area contributed by atoms with Crippen LogP contribution in [0.4, 0.5) is 0 Å². The fourth-order valence-electron chi connectivity index (χ4n) is 2.85. The van der Waals surface area contributed by atoms with Gasteiger partial charge in [0.1, 0.15) is 11.6 Å². The van der Waals surface area contributed by atoms with E-state index >= 15 is 0 Å². The molecule has 0 spiro atoms. The first-order valence-corrected chi connectivity index (χ1v) is 14.6. The number of unbranched alkanes of at least 4 members (excludes halogenated alkanes) is 1. The van der Waals surface area contributed by atoms with Crippen molar-refractivity contribution in [3.63, 3.8) is 0 Å². The van der Waals surface area contributed by atoms with E-state index in [9.17, 15) is 0 Å². The van der Waals surface area contributed by atoms with E-state index in [1.165, 1.54) is 5.56 Å². The van der Waals surface area contributed by atoms with E-state index in [4.69, 9.17) is 20.8 Å². The fourth-order valence-corrected chi connectivity index (χ4v) is 4.14. The third-order valence-electron chi connectivity index (χ3n) is 6.08. The standard InChI is InChI=1S/C25H41ClN2O2Si/c1-24(2,3)28-18-22(26)23(17-27-28)29-19-21-14-12-20(13-15-21)11-9-10-16-30-31(7,8)25(4,5)6/h12-15,17-18,27H,9-11,16,19H2,1-8H3. The molecule has 1 heterocycles. The maximum Gasteiger partial charge on any atom is 0.191 e. The second kappa shape index (κ2) is 10.5. The van der Waals surface area contributed by atoms with Crippen molar-refractivity contribution < 1.29 is 9.16 Å². The largest absolute Gasteiger partial charge is 0.486 e. The van der Waals surface area contributed by atoms with Crippen LogP contribution in [0.15, 0.2) is 47.5 Å². The van der Waals surface area contributed by atoms with Crippen molar-refractivity contribution >= 4 is 19.9 Å². The molecular formula is C25H41ClN2O2Si. The van der Waals surface area contributed by atoms with Crippen molar-refractivity contribution in [1.82, 2.24) is 10.4 Å². The lowest BCUT2D eigenvalue weighted by Gasteiger charge is -2.36. The molecule has 0 amide bonds. The van der Waals surface area contributed by atoms with E-state index in [2.05, 4.69) is 84.3 Å². The number of nitrogens with zero attached hydrogens (tertiary/aromatic N) is 1. The number of hydrogen-bond acceptors (Lipinski definition) is 4. The summed E-state index contributed by atoms with van der Waals surface area (Å²) in [6.07, 6.45) is 7.01. The zero-order valence-electron chi connectivity index (χ0n) is 20.6. The molecule has 1 aliphatic rings. The third-order valence-corrected chi connectivity index (χ3v) is 10.9. The molecule has 1 aliphatic heterocycles. The normalized spacial score (nSPS) is 15.3. The highest BCUT2D eigenvalue weighted by Gasteiger charge is 2.36. The van der Waals surface area contributed by atoms with Gasteiger partial charge in [-0.05, 0) is 69.3 Å². The topological polar surface area (TPSA) is 33.7 Å². The number of hydrazine groups is 1. The molecule has 0 unspecified atom stereocenters. The van der Waals surface area contributed by atoms with Crippen LogP contribution in [0.2, 0.25) is 18.1 Å². The molecule has 1 N–H and O–H groups in total. The minimum Gasteiger partial charge on any atom is -0.486 e. The molecular weight excluding hydrogens is 424 g/mol. The van der Waals surface area contributed by atoms with Gasteiger partial charge >= 0.3 is 0 Å². The molecule has 6 heteroatoms. The van der Waals surface area contributed by atoms with Crippen LogP contribution in [-0.4, -0.2) is 25.5 Å². The number of nitrogens with one attached hydrogen (secondary N) is 1. The van der Waals surface area contributed by atoms with Crippen LogP contribution >= 0.6 is 11.6 Å². The highest BCUT2D eigenvalue weighted by Crippen LogP contribution is 2.36. The summed E-state index contributed by atoms with van der Waals surface area (Å²) < 4.78 is 12.2. The van der Waals surface area contributed by atoms with Crippen molar-refractivity contribution in [2.45, 2.75) is 91.1 Å². The Morgan fingerprint density at radius 1 is 0.968 bits per heavy atom. The molecule has 0 bridgehead atoms.